The highest BCUT2D eigenvalue weighted by atomic mass is 16.4. The largest absolute Gasteiger partial charge is 0.480 e. The van der Waals surface area contributed by atoms with E-state index in [1.54, 1.807) is 0 Å². The molecule has 15 nitrogen and oxygen atoms in total. The van der Waals surface area contributed by atoms with Gasteiger partial charge in [0.1, 0.15) is 12.1 Å². The van der Waals surface area contributed by atoms with Crippen LogP contribution in [-0.2, 0) is 33.6 Å². The molecule has 0 rings (SSSR count). The van der Waals surface area contributed by atoms with E-state index in [1.165, 1.54) is 6.92 Å². The Labute approximate surface area is 183 Å². The Hall–Kier alpha value is -3.75. The first-order chi connectivity index (χ1) is 14.8. The Morgan fingerprint density at radius 1 is 0.750 bits per heavy atom. The summed E-state index contributed by atoms with van der Waals surface area (Å²) in [5, 5.41) is 17.9. The first kappa shape index (κ1) is 28.2. The number of carbonyl (C=O) groups excluding carboxylic acids is 6. The highest BCUT2D eigenvalue weighted by molar-refractivity contribution is 5.93. The summed E-state index contributed by atoms with van der Waals surface area (Å²) in [7, 11) is 0. The molecule has 0 aliphatic heterocycles. The molecule has 0 aromatic heterocycles. The van der Waals surface area contributed by atoms with Crippen molar-refractivity contribution in [3.8, 4) is 0 Å². The fourth-order valence-electron chi connectivity index (χ4n) is 2.21. The van der Waals surface area contributed by atoms with Crippen LogP contribution in [0.15, 0.2) is 0 Å². The SMILES string of the molecule is C[C@H](N)C(=O)NCC(=O)N[C@@H](CCC(N)=O)C(=O)NCC(=O)N[C@@H](CCC(N)=O)C(=O)O. The first-order valence-electron chi connectivity index (χ1n) is 9.52. The number of nitrogens with two attached hydrogens (primary N) is 3. The summed E-state index contributed by atoms with van der Waals surface area (Å²) in [5.74, 6) is -5.96. The van der Waals surface area contributed by atoms with Gasteiger partial charge in [0.2, 0.25) is 35.4 Å². The van der Waals surface area contributed by atoms with Crippen molar-refractivity contribution in [1.29, 1.82) is 0 Å². The third-order valence-electron chi connectivity index (χ3n) is 3.90. The quantitative estimate of drug-likeness (QED) is 0.116. The number of amides is 6. The minimum absolute atomic E-state index is 0.188. The summed E-state index contributed by atoms with van der Waals surface area (Å²) in [6.07, 6.45) is -0.962. The first-order valence-corrected chi connectivity index (χ1v) is 9.52. The molecule has 0 aliphatic rings. The second-order valence-electron chi connectivity index (χ2n) is 6.81. The smallest absolute Gasteiger partial charge is 0.326 e. The molecule has 15 heteroatoms. The van der Waals surface area contributed by atoms with Crippen molar-refractivity contribution in [3.05, 3.63) is 0 Å². The van der Waals surface area contributed by atoms with Gasteiger partial charge in [-0.1, -0.05) is 0 Å². The molecule has 0 spiro atoms. The second kappa shape index (κ2) is 14.3. The van der Waals surface area contributed by atoms with Gasteiger partial charge in [0, 0.05) is 12.8 Å². The number of nitrogens with one attached hydrogen (secondary N) is 4. The number of aliphatic carboxylic acids is 1. The van der Waals surface area contributed by atoms with Crippen molar-refractivity contribution in [2.75, 3.05) is 13.1 Å². The van der Waals surface area contributed by atoms with E-state index in [-0.39, 0.29) is 25.7 Å². The summed E-state index contributed by atoms with van der Waals surface area (Å²) in [4.78, 5) is 80.6. The molecule has 11 N–H and O–H groups in total. The van der Waals surface area contributed by atoms with E-state index in [2.05, 4.69) is 21.3 Å². The summed E-state index contributed by atoms with van der Waals surface area (Å²) < 4.78 is 0. The number of primary amides is 2. The van der Waals surface area contributed by atoms with Crippen LogP contribution >= 0.6 is 0 Å². The maximum atomic E-state index is 12.3. The zero-order valence-corrected chi connectivity index (χ0v) is 17.5. The standard InChI is InChI=1S/C17H29N7O8/c1-8(18)15(29)21-6-13(27)23-9(2-4-11(19)25)16(30)22-7-14(28)24-10(17(31)32)3-5-12(20)26/h8-10H,2-7,18H2,1H3,(H2,19,25)(H2,20,26)(H,21,29)(H,22,30)(H,23,27)(H,24,28)(H,31,32)/t8-,9-,10-/m0/s1. The predicted octanol–water partition coefficient (Wildman–Crippen LogP) is -4.85. The van der Waals surface area contributed by atoms with Crippen LogP contribution in [0.5, 0.6) is 0 Å². The fourth-order valence-corrected chi connectivity index (χ4v) is 2.21. The Balaban J connectivity index is 4.84. The van der Waals surface area contributed by atoms with Gasteiger partial charge >= 0.3 is 5.97 Å². The van der Waals surface area contributed by atoms with Crippen LogP contribution in [0, 0.1) is 0 Å². The summed E-state index contributed by atoms with van der Waals surface area (Å²) >= 11 is 0. The van der Waals surface area contributed by atoms with Gasteiger partial charge in [-0.25, -0.2) is 4.79 Å². The maximum absolute atomic E-state index is 12.3. The summed E-state index contributed by atoms with van der Waals surface area (Å²) in [6, 6.07) is -3.51. The molecule has 180 valence electrons. The van der Waals surface area contributed by atoms with Crippen LogP contribution in [0.25, 0.3) is 0 Å². The second-order valence-corrected chi connectivity index (χ2v) is 6.81. The van der Waals surface area contributed by atoms with E-state index >= 15 is 0 Å². The Kier molecular flexibility index (Phi) is 12.6. The van der Waals surface area contributed by atoms with E-state index in [4.69, 9.17) is 22.3 Å². The lowest BCUT2D eigenvalue weighted by Gasteiger charge is -2.19. The van der Waals surface area contributed by atoms with Crippen molar-refractivity contribution >= 4 is 41.4 Å². The average Bonchev–Trinajstić information content (AvgIpc) is 2.69. The van der Waals surface area contributed by atoms with Crippen LogP contribution in [0.4, 0.5) is 0 Å². The van der Waals surface area contributed by atoms with E-state index in [0.717, 1.165) is 0 Å². The van der Waals surface area contributed by atoms with Gasteiger partial charge in [-0.3, -0.25) is 28.8 Å². The van der Waals surface area contributed by atoms with Crippen molar-refractivity contribution in [2.24, 2.45) is 17.2 Å². The number of carboxylic acids is 1. The Morgan fingerprint density at radius 2 is 1.16 bits per heavy atom. The molecular weight excluding hydrogens is 430 g/mol. The van der Waals surface area contributed by atoms with Crippen molar-refractivity contribution in [2.45, 2.75) is 50.7 Å². The Bertz CT molecular complexity index is 740. The number of hydrogen-bond donors (Lipinski definition) is 8. The van der Waals surface area contributed by atoms with Gasteiger partial charge in [0.25, 0.3) is 0 Å². The van der Waals surface area contributed by atoms with E-state index in [0.29, 0.717) is 0 Å². The number of hydrogen-bond acceptors (Lipinski definition) is 8. The fraction of sp³-hybridized carbons (Fsp3) is 0.588. The molecule has 0 aromatic carbocycles. The molecule has 0 heterocycles. The van der Waals surface area contributed by atoms with Crippen molar-refractivity contribution < 1.29 is 38.7 Å². The molecule has 6 amide bonds. The number of carboxylic acid groups (broad SMARTS) is 1. The van der Waals surface area contributed by atoms with Crippen LogP contribution in [0.1, 0.15) is 32.6 Å². The van der Waals surface area contributed by atoms with E-state index < -0.39 is 72.6 Å². The molecule has 0 fully saturated rings. The molecule has 0 radical (unpaired) electrons. The van der Waals surface area contributed by atoms with Crippen molar-refractivity contribution in [1.82, 2.24) is 21.3 Å². The zero-order chi connectivity index (χ0) is 24.8. The maximum Gasteiger partial charge on any atom is 0.326 e. The van der Waals surface area contributed by atoms with Gasteiger partial charge in [-0.2, -0.15) is 0 Å². The molecule has 0 saturated heterocycles. The lowest BCUT2D eigenvalue weighted by molar-refractivity contribution is -0.142. The molecule has 0 saturated carbocycles. The van der Waals surface area contributed by atoms with Crippen LogP contribution in [0.2, 0.25) is 0 Å². The Morgan fingerprint density at radius 3 is 1.56 bits per heavy atom. The lowest BCUT2D eigenvalue weighted by Crippen LogP contribution is -2.52. The minimum Gasteiger partial charge on any atom is -0.480 e. The van der Waals surface area contributed by atoms with Gasteiger partial charge in [0.05, 0.1) is 19.1 Å². The highest BCUT2D eigenvalue weighted by Crippen LogP contribution is 1.99. The van der Waals surface area contributed by atoms with Crippen molar-refractivity contribution in [3.63, 3.8) is 0 Å². The van der Waals surface area contributed by atoms with Crippen LogP contribution in [-0.4, -0.2) is 77.7 Å². The molecule has 3 atom stereocenters. The molecular formula is C17H29N7O8. The highest BCUT2D eigenvalue weighted by Gasteiger charge is 2.24. The number of rotatable bonds is 15. The van der Waals surface area contributed by atoms with Gasteiger partial charge in [0.15, 0.2) is 0 Å². The molecule has 0 aliphatic carbocycles. The minimum atomic E-state index is -1.40. The summed E-state index contributed by atoms with van der Waals surface area (Å²) in [5.41, 5.74) is 15.3. The predicted molar refractivity (Wildman–Crippen MR) is 108 cm³/mol. The van der Waals surface area contributed by atoms with Gasteiger partial charge in [-0.15, -0.1) is 0 Å². The topological polar surface area (TPSA) is 266 Å². The monoisotopic (exact) mass is 459 g/mol. The normalized spacial score (nSPS) is 13.1. The summed E-state index contributed by atoms with van der Waals surface area (Å²) in [6.45, 7) is 0.273. The number of carbonyl (C=O) groups is 7. The molecule has 0 unspecified atom stereocenters. The van der Waals surface area contributed by atoms with Crippen LogP contribution < -0.4 is 38.5 Å². The average molecular weight is 459 g/mol. The van der Waals surface area contributed by atoms with E-state index in [1.807, 2.05) is 0 Å². The van der Waals surface area contributed by atoms with E-state index in [9.17, 15) is 33.6 Å². The third kappa shape index (κ3) is 12.7. The lowest BCUT2D eigenvalue weighted by atomic mass is 10.1. The molecule has 0 aromatic rings. The third-order valence-corrected chi connectivity index (χ3v) is 3.90. The molecule has 0 bridgehead atoms. The zero-order valence-electron chi connectivity index (χ0n) is 17.5. The van der Waals surface area contributed by atoms with Crippen LogP contribution in [0.3, 0.4) is 0 Å². The van der Waals surface area contributed by atoms with Gasteiger partial charge < -0.3 is 43.6 Å². The molecule has 32 heavy (non-hydrogen) atoms. The van der Waals surface area contributed by atoms with Gasteiger partial charge in [-0.05, 0) is 19.8 Å².